The van der Waals surface area contributed by atoms with Gasteiger partial charge in [-0.25, -0.2) is 0 Å². The number of nitrogens with one attached hydrogen (secondary N) is 1. The summed E-state index contributed by atoms with van der Waals surface area (Å²) in [6, 6.07) is 6.85. The van der Waals surface area contributed by atoms with Crippen LogP contribution in [0, 0.1) is 5.92 Å². The molecule has 7 heteroatoms. The Morgan fingerprint density at radius 1 is 1.12 bits per heavy atom. The number of rotatable bonds is 6. The van der Waals surface area contributed by atoms with Crippen molar-refractivity contribution >= 4 is 17.7 Å². The molecular weight excluding hydrogens is 334 g/mol. The van der Waals surface area contributed by atoms with Crippen molar-refractivity contribution < 1.29 is 19.1 Å². The first-order chi connectivity index (χ1) is 12.5. The van der Waals surface area contributed by atoms with Crippen LogP contribution in [-0.2, 0) is 9.53 Å². The number of hydrogen-bond donors (Lipinski definition) is 1. The molecule has 1 aromatic rings. The van der Waals surface area contributed by atoms with Crippen molar-refractivity contribution in [2.75, 3.05) is 39.4 Å². The standard InChI is InChI=1S/C19H25N3O4/c1-13(2)16(21-7-9-26-10-8-21)11-20-17(23)12-22-18(24)14-5-3-4-6-15(14)19(22)25/h3-6,13,16H,7-12H2,1-2H3,(H,20,23). The molecule has 2 aliphatic heterocycles. The zero-order valence-corrected chi connectivity index (χ0v) is 15.2. The SMILES string of the molecule is CC(C)C(CNC(=O)CN1C(=O)c2ccccc2C1=O)N1CCOCC1. The van der Waals surface area contributed by atoms with E-state index in [1.54, 1.807) is 24.3 Å². The first-order valence-electron chi connectivity index (χ1n) is 9.02. The van der Waals surface area contributed by atoms with Gasteiger partial charge in [0.2, 0.25) is 5.91 Å². The van der Waals surface area contributed by atoms with Gasteiger partial charge in [-0.05, 0) is 18.1 Å². The van der Waals surface area contributed by atoms with Gasteiger partial charge in [0.1, 0.15) is 6.54 Å². The Balaban J connectivity index is 1.57. The summed E-state index contributed by atoms with van der Waals surface area (Å²) in [5, 5.41) is 2.89. The zero-order valence-electron chi connectivity index (χ0n) is 15.2. The van der Waals surface area contributed by atoms with E-state index in [9.17, 15) is 14.4 Å². The van der Waals surface area contributed by atoms with Crippen LogP contribution in [0.15, 0.2) is 24.3 Å². The quantitative estimate of drug-likeness (QED) is 0.759. The Bertz CT molecular complexity index is 663. The molecule has 1 unspecified atom stereocenters. The number of fused-ring (bicyclic) bond motifs is 1. The lowest BCUT2D eigenvalue weighted by Crippen LogP contribution is -2.52. The summed E-state index contributed by atoms with van der Waals surface area (Å²) in [7, 11) is 0. The summed E-state index contributed by atoms with van der Waals surface area (Å²) in [6.45, 7) is 7.57. The smallest absolute Gasteiger partial charge is 0.262 e. The molecule has 2 heterocycles. The average Bonchev–Trinajstić information content (AvgIpc) is 2.88. The summed E-state index contributed by atoms with van der Waals surface area (Å²) in [6.07, 6.45) is 0. The highest BCUT2D eigenvalue weighted by molar-refractivity contribution is 6.22. The van der Waals surface area contributed by atoms with Crippen molar-refractivity contribution in [2.45, 2.75) is 19.9 Å². The third kappa shape index (κ3) is 3.78. The van der Waals surface area contributed by atoms with E-state index in [2.05, 4.69) is 24.1 Å². The van der Waals surface area contributed by atoms with Crippen LogP contribution in [0.5, 0.6) is 0 Å². The van der Waals surface area contributed by atoms with Gasteiger partial charge in [0, 0.05) is 25.7 Å². The van der Waals surface area contributed by atoms with Gasteiger partial charge in [0.15, 0.2) is 0 Å². The van der Waals surface area contributed by atoms with E-state index in [-0.39, 0.29) is 18.5 Å². The molecule has 0 spiro atoms. The van der Waals surface area contributed by atoms with Crippen molar-refractivity contribution in [3.8, 4) is 0 Å². The summed E-state index contributed by atoms with van der Waals surface area (Å²) < 4.78 is 5.39. The van der Waals surface area contributed by atoms with E-state index >= 15 is 0 Å². The summed E-state index contributed by atoms with van der Waals surface area (Å²) in [5.74, 6) is -0.769. The van der Waals surface area contributed by atoms with Crippen LogP contribution in [0.25, 0.3) is 0 Å². The summed E-state index contributed by atoms with van der Waals surface area (Å²) in [4.78, 5) is 40.4. The molecule has 0 bridgehead atoms. The van der Waals surface area contributed by atoms with Gasteiger partial charge >= 0.3 is 0 Å². The first-order valence-corrected chi connectivity index (χ1v) is 9.02. The number of hydrogen-bond acceptors (Lipinski definition) is 5. The fraction of sp³-hybridized carbons (Fsp3) is 0.526. The Morgan fingerprint density at radius 3 is 2.23 bits per heavy atom. The van der Waals surface area contributed by atoms with E-state index in [4.69, 9.17) is 4.74 Å². The Hall–Kier alpha value is -2.25. The molecule has 7 nitrogen and oxygen atoms in total. The number of morpholine rings is 1. The van der Waals surface area contributed by atoms with Gasteiger partial charge in [0.25, 0.3) is 11.8 Å². The van der Waals surface area contributed by atoms with E-state index in [1.165, 1.54) is 0 Å². The van der Waals surface area contributed by atoms with E-state index in [0.717, 1.165) is 18.0 Å². The number of nitrogens with zero attached hydrogens (tertiary/aromatic N) is 2. The molecular formula is C19H25N3O4. The fourth-order valence-corrected chi connectivity index (χ4v) is 3.50. The van der Waals surface area contributed by atoms with Crippen LogP contribution in [-0.4, -0.2) is 73.0 Å². The van der Waals surface area contributed by atoms with E-state index < -0.39 is 11.8 Å². The molecule has 140 valence electrons. The topological polar surface area (TPSA) is 79.0 Å². The van der Waals surface area contributed by atoms with Gasteiger partial charge in [-0.15, -0.1) is 0 Å². The van der Waals surface area contributed by atoms with E-state index in [1.807, 2.05) is 0 Å². The third-order valence-corrected chi connectivity index (χ3v) is 4.97. The van der Waals surface area contributed by atoms with Gasteiger partial charge in [0.05, 0.1) is 24.3 Å². The molecule has 1 aromatic carbocycles. The predicted molar refractivity (Wildman–Crippen MR) is 95.8 cm³/mol. The Labute approximate surface area is 153 Å². The minimum absolute atomic E-state index is 0.199. The monoisotopic (exact) mass is 359 g/mol. The maximum absolute atomic E-state index is 12.4. The highest BCUT2D eigenvalue weighted by Gasteiger charge is 2.36. The number of imide groups is 1. The molecule has 26 heavy (non-hydrogen) atoms. The maximum atomic E-state index is 12.4. The minimum atomic E-state index is -0.408. The van der Waals surface area contributed by atoms with Crippen molar-refractivity contribution in [1.29, 1.82) is 0 Å². The van der Waals surface area contributed by atoms with Gasteiger partial charge in [-0.2, -0.15) is 0 Å². The fourth-order valence-electron chi connectivity index (χ4n) is 3.50. The molecule has 1 atom stereocenters. The number of ether oxygens (including phenoxy) is 1. The number of amides is 3. The normalized spacial score (nSPS) is 19.0. The van der Waals surface area contributed by atoms with Crippen LogP contribution in [0.4, 0.5) is 0 Å². The maximum Gasteiger partial charge on any atom is 0.262 e. The molecule has 3 amide bonds. The minimum Gasteiger partial charge on any atom is -0.379 e. The Morgan fingerprint density at radius 2 is 1.69 bits per heavy atom. The van der Waals surface area contributed by atoms with Crippen LogP contribution in [0.3, 0.4) is 0 Å². The molecule has 1 fully saturated rings. The summed E-state index contributed by atoms with van der Waals surface area (Å²) >= 11 is 0. The average molecular weight is 359 g/mol. The molecule has 2 aliphatic rings. The lowest BCUT2D eigenvalue weighted by Gasteiger charge is -2.37. The lowest BCUT2D eigenvalue weighted by molar-refractivity contribution is -0.121. The Kier molecular flexibility index (Phi) is 5.68. The highest BCUT2D eigenvalue weighted by atomic mass is 16.5. The molecule has 0 saturated carbocycles. The zero-order chi connectivity index (χ0) is 18.7. The molecule has 1 N–H and O–H groups in total. The molecule has 1 saturated heterocycles. The number of carbonyl (C=O) groups excluding carboxylic acids is 3. The van der Waals surface area contributed by atoms with Gasteiger partial charge < -0.3 is 10.1 Å². The van der Waals surface area contributed by atoms with Gasteiger partial charge in [-0.1, -0.05) is 26.0 Å². The molecule has 0 aliphatic carbocycles. The number of carbonyl (C=O) groups is 3. The predicted octanol–water partition coefficient (Wildman–Crippen LogP) is 0.756. The van der Waals surface area contributed by atoms with Crippen LogP contribution >= 0.6 is 0 Å². The van der Waals surface area contributed by atoms with E-state index in [0.29, 0.717) is 36.8 Å². The molecule has 3 rings (SSSR count). The molecule has 0 radical (unpaired) electrons. The lowest BCUT2D eigenvalue weighted by atomic mass is 10.0. The van der Waals surface area contributed by atoms with Crippen LogP contribution in [0.1, 0.15) is 34.6 Å². The second kappa shape index (κ2) is 7.97. The largest absolute Gasteiger partial charge is 0.379 e. The summed E-state index contributed by atoms with van der Waals surface area (Å²) in [5.41, 5.74) is 0.720. The van der Waals surface area contributed by atoms with Crippen LogP contribution < -0.4 is 5.32 Å². The van der Waals surface area contributed by atoms with Gasteiger partial charge in [-0.3, -0.25) is 24.2 Å². The van der Waals surface area contributed by atoms with Crippen molar-refractivity contribution in [3.05, 3.63) is 35.4 Å². The van der Waals surface area contributed by atoms with Crippen molar-refractivity contribution in [2.24, 2.45) is 5.92 Å². The van der Waals surface area contributed by atoms with Crippen molar-refractivity contribution in [3.63, 3.8) is 0 Å². The number of benzene rings is 1. The third-order valence-electron chi connectivity index (χ3n) is 4.97. The van der Waals surface area contributed by atoms with Crippen molar-refractivity contribution in [1.82, 2.24) is 15.1 Å². The van der Waals surface area contributed by atoms with Crippen LogP contribution in [0.2, 0.25) is 0 Å². The second-order valence-electron chi connectivity index (χ2n) is 7.01. The molecule has 0 aromatic heterocycles. The highest BCUT2D eigenvalue weighted by Crippen LogP contribution is 2.22. The first kappa shape index (κ1) is 18.5. The second-order valence-corrected chi connectivity index (χ2v) is 7.01.